The van der Waals surface area contributed by atoms with E-state index in [4.69, 9.17) is 23.2 Å². The molecule has 2 nitrogen and oxygen atoms in total. The SMILES string of the molecule is Clc1nc2c(Cl)cccc2nc1CCBr. The standard InChI is InChI=1S/C10H7BrCl2N2/c11-5-4-8-10(13)15-9-6(12)2-1-3-7(9)14-8/h1-3H,4-5H2. The van der Waals surface area contributed by atoms with Crippen LogP contribution in [0.5, 0.6) is 0 Å². The molecule has 0 aliphatic rings. The number of aromatic nitrogens is 2. The van der Waals surface area contributed by atoms with Crippen LogP contribution in [0, 0.1) is 0 Å². The first-order valence-electron chi connectivity index (χ1n) is 4.39. The smallest absolute Gasteiger partial charge is 0.151 e. The lowest BCUT2D eigenvalue weighted by Gasteiger charge is -2.04. The second kappa shape index (κ2) is 4.64. The summed E-state index contributed by atoms with van der Waals surface area (Å²) in [6.45, 7) is 0. The Balaban J connectivity index is 2.65. The lowest BCUT2D eigenvalue weighted by molar-refractivity contribution is 1.05. The number of para-hydroxylation sites is 1. The number of alkyl halides is 1. The molecule has 0 saturated heterocycles. The van der Waals surface area contributed by atoms with E-state index in [0.29, 0.717) is 15.7 Å². The van der Waals surface area contributed by atoms with E-state index in [1.165, 1.54) is 0 Å². The fourth-order valence-electron chi connectivity index (χ4n) is 1.31. The summed E-state index contributed by atoms with van der Waals surface area (Å²) in [6.07, 6.45) is 0.758. The molecule has 1 aromatic carbocycles. The van der Waals surface area contributed by atoms with Crippen LogP contribution in [0.3, 0.4) is 0 Å². The minimum Gasteiger partial charge on any atom is -0.248 e. The molecular formula is C10H7BrCl2N2. The molecule has 1 aromatic heterocycles. The molecule has 0 N–H and O–H groups in total. The average molecular weight is 306 g/mol. The average Bonchev–Trinajstić information content (AvgIpc) is 2.21. The number of halogens is 3. The third kappa shape index (κ3) is 2.25. The van der Waals surface area contributed by atoms with E-state index in [9.17, 15) is 0 Å². The summed E-state index contributed by atoms with van der Waals surface area (Å²) in [5.74, 6) is 0. The van der Waals surface area contributed by atoms with E-state index in [-0.39, 0.29) is 0 Å². The highest BCUT2D eigenvalue weighted by Crippen LogP contribution is 2.23. The van der Waals surface area contributed by atoms with Gasteiger partial charge in [0.15, 0.2) is 5.15 Å². The van der Waals surface area contributed by atoms with Gasteiger partial charge in [0, 0.05) is 11.8 Å². The van der Waals surface area contributed by atoms with Crippen molar-refractivity contribution < 1.29 is 0 Å². The maximum absolute atomic E-state index is 6.00. The lowest BCUT2D eigenvalue weighted by atomic mass is 10.2. The van der Waals surface area contributed by atoms with Crippen molar-refractivity contribution in [2.75, 3.05) is 5.33 Å². The number of hydrogen-bond acceptors (Lipinski definition) is 2. The van der Waals surface area contributed by atoms with E-state index >= 15 is 0 Å². The van der Waals surface area contributed by atoms with Crippen molar-refractivity contribution in [3.05, 3.63) is 34.1 Å². The van der Waals surface area contributed by atoms with Crippen molar-refractivity contribution in [2.45, 2.75) is 6.42 Å². The first-order chi connectivity index (χ1) is 7.22. The maximum Gasteiger partial charge on any atom is 0.151 e. The Kier molecular flexibility index (Phi) is 3.44. The Hall–Kier alpha value is -0.380. The van der Waals surface area contributed by atoms with E-state index < -0.39 is 0 Å². The summed E-state index contributed by atoms with van der Waals surface area (Å²) in [5, 5.41) is 1.82. The van der Waals surface area contributed by atoms with Gasteiger partial charge in [-0.1, -0.05) is 45.2 Å². The molecule has 0 bridgehead atoms. The predicted molar refractivity (Wildman–Crippen MR) is 67.1 cm³/mol. The number of rotatable bonds is 2. The van der Waals surface area contributed by atoms with Crippen molar-refractivity contribution in [1.82, 2.24) is 9.97 Å². The summed E-state index contributed by atoms with van der Waals surface area (Å²) in [7, 11) is 0. The number of aryl methyl sites for hydroxylation is 1. The van der Waals surface area contributed by atoms with Gasteiger partial charge < -0.3 is 0 Å². The molecule has 0 amide bonds. The van der Waals surface area contributed by atoms with Gasteiger partial charge >= 0.3 is 0 Å². The Bertz CT molecular complexity index is 502. The molecule has 0 atom stereocenters. The first-order valence-corrected chi connectivity index (χ1v) is 6.26. The fourth-order valence-corrected chi connectivity index (χ4v) is 2.12. The molecule has 15 heavy (non-hydrogen) atoms. The molecular weight excluding hydrogens is 299 g/mol. The normalized spacial score (nSPS) is 10.9. The topological polar surface area (TPSA) is 25.8 Å². The summed E-state index contributed by atoms with van der Waals surface area (Å²) >= 11 is 15.3. The maximum atomic E-state index is 6.00. The molecule has 0 fully saturated rings. The van der Waals surface area contributed by atoms with Crippen LogP contribution in [0.15, 0.2) is 18.2 Å². The molecule has 5 heteroatoms. The Morgan fingerprint density at radius 1 is 1.20 bits per heavy atom. The highest BCUT2D eigenvalue weighted by Gasteiger charge is 2.08. The molecule has 2 rings (SSSR count). The van der Waals surface area contributed by atoms with Gasteiger partial charge in [-0.15, -0.1) is 0 Å². The summed E-state index contributed by atoms with van der Waals surface area (Å²) in [6, 6.07) is 5.51. The van der Waals surface area contributed by atoms with Crippen LogP contribution in [0.4, 0.5) is 0 Å². The van der Waals surface area contributed by atoms with Crippen molar-refractivity contribution in [3.8, 4) is 0 Å². The van der Waals surface area contributed by atoms with Crippen LogP contribution in [0.25, 0.3) is 11.0 Å². The van der Waals surface area contributed by atoms with E-state index in [1.54, 1.807) is 6.07 Å². The molecule has 0 unspecified atom stereocenters. The Labute approximate surface area is 106 Å². The van der Waals surface area contributed by atoms with Crippen LogP contribution in [0.1, 0.15) is 5.69 Å². The number of nitrogens with zero attached hydrogens (tertiary/aromatic N) is 2. The van der Waals surface area contributed by atoms with E-state index in [1.807, 2.05) is 12.1 Å². The summed E-state index contributed by atoms with van der Waals surface area (Å²) in [4.78, 5) is 8.66. The second-order valence-corrected chi connectivity index (χ2v) is 4.57. The quantitative estimate of drug-likeness (QED) is 0.787. The fraction of sp³-hybridized carbons (Fsp3) is 0.200. The molecule has 0 aliphatic heterocycles. The zero-order chi connectivity index (χ0) is 10.8. The molecule has 2 aromatic rings. The van der Waals surface area contributed by atoms with Gasteiger partial charge in [0.2, 0.25) is 0 Å². The summed E-state index contributed by atoms with van der Waals surface area (Å²) in [5.41, 5.74) is 2.23. The molecule has 1 heterocycles. The van der Waals surface area contributed by atoms with E-state index in [2.05, 4.69) is 25.9 Å². The van der Waals surface area contributed by atoms with E-state index in [0.717, 1.165) is 23.0 Å². The predicted octanol–water partition coefficient (Wildman–Crippen LogP) is 3.87. The largest absolute Gasteiger partial charge is 0.248 e. The van der Waals surface area contributed by atoms with Gasteiger partial charge in [-0.25, -0.2) is 9.97 Å². The highest BCUT2D eigenvalue weighted by molar-refractivity contribution is 9.09. The van der Waals surface area contributed by atoms with Crippen LogP contribution < -0.4 is 0 Å². The highest BCUT2D eigenvalue weighted by atomic mass is 79.9. The van der Waals surface area contributed by atoms with Crippen LogP contribution in [0.2, 0.25) is 10.2 Å². The molecule has 0 spiro atoms. The molecule has 0 aliphatic carbocycles. The number of hydrogen-bond donors (Lipinski definition) is 0. The van der Waals surface area contributed by atoms with Gasteiger partial charge in [-0.3, -0.25) is 0 Å². The van der Waals surface area contributed by atoms with Gasteiger partial charge in [-0.05, 0) is 12.1 Å². The van der Waals surface area contributed by atoms with Crippen molar-refractivity contribution in [2.24, 2.45) is 0 Å². The third-order valence-corrected chi connectivity index (χ3v) is 3.00. The van der Waals surface area contributed by atoms with Crippen LogP contribution >= 0.6 is 39.1 Å². The van der Waals surface area contributed by atoms with Gasteiger partial charge in [0.1, 0.15) is 5.52 Å². The van der Waals surface area contributed by atoms with Gasteiger partial charge in [-0.2, -0.15) is 0 Å². The zero-order valence-electron chi connectivity index (χ0n) is 7.67. The minimum absolute atomic E-state index is 0.426. The minimum atomic E-state index is 0.426. The van der Waals surface area contributed by atoms with Gasteiger partial charge in [0.05, 0.1) is 16.2 Å². The number of benzene rings is 1. The van der Waals surface area contributed by atoms with Crippen molar-refractivity contribution in [1.29, 1.82) is 0 Å². The third-order valence-electron chi connectivity index (χ3n) is 2.00. The van der Waals surface area contributed by atoms with Crippen LogP contribution in [-0.2, 0) is 6.42 Å². The number of fused-ring (bicyclic) bond motifs is 1. The molecule has 78 valence electrons. The van der Waals surface area contributed by atoms with Crippen molar-refractivity contribution >= 4 is 50.2 Å². The molecule has 0 saturated carbocycles. The Morgan fingerprint density at radius 2 is 2.00 bits per heavy atom. The van der Waals surface area contributed by atoms with Crippen molar-refractivity contribution in [3.63, 3.8) is 0 Å². The Morgan fingerprint density at radius 3 is 2.73 bits per heavy atom. The first kappa shape index (κ1) is 11.1. The van der Waals surface area contributed by atoms with Gasteiger partial charge in [0.25, 0.3) is 0 Å². The zero-order valence-corrected chi connectivity index (χ0v) is 10.8. The lowest BCUT2D eigenvalue weighted by Crippen LogP contribution is -1.96. The molecule has 0 radical (unpaired) electrons. The summed E-state index contributed by atoms with van der Waals surface area (Å²) < 4.78 is 0. The second-order valence-electron chi connectivity index (χ2n) is 3.01. The van der Waals surface area contributed by atoms with Crippen LogP contribution in [-0.4, -0.2) is 15.3 Å². The monoisotopic (exact) mass is 304 g/mol.